The SMILES string of the molecule is CN(C)c1ccc(N2CCN(C(=O)NCc3ccccc3F)CC2)cc1. The molecule has 1 saturated heterocycles. The van der Waals surface area contributed by atoms with Crippen LogP contribution in [0.3, 0.4) is 0 Å². The molecular weight excluding hydrogens is 331 g/mol. The first-order valence-corrected chi connectivity index (χ1v) is 8.83. The van der Waals surface area contributed by atoms with Gasteiger partial charge >= 0.3 is 6.03 Å². The van der Waals surface area contributed by atoms with Gasteiger partial charge in [0.25, 0.3) is 0 Å². The largest absolute Gasteiger partial charge is 0.378 e. The average molecular weight is 356 g/mol. The molecular formula is C20H25FN4O. The second-order valence-corrected chi connectivity index (χ2v) is 6.64. The minimum Gasteiger partial charge on any atom is -0.378 e. The van der Waals surface area contributed by atoms with E-state index in [4.69, 9.17) is 0 Å². The Morgan fingerprint density at radius 3 is 2.31 bits per heavy atom. The fraction of sp³-hybridized carbons (Fsp3) is 0.350. The maximum absolute atomic E-state index is 13.6. The molecule has 0 aromatic heterocycles. The zero-order chi connectivity index (χ0) is 18.5. The van der Waals surface area contributed by atoms with Gasteiger partial charge in [0.15, 0.2) is 0 Å². The monoisotopic (exact) mass is 356 g/mol. The number of carbonyl (C=O) groups excluding carboxylic acids is 1. The number of hydrogen-bond donors (Lipinski definition) is 1. The third-order valence-electron chi connectivity index (χ3n) is 4.69. The predicted molar refractivity (Wildman–Crippen MR) is 103 cm³/mol. The van der Waals surface area contributed by atoms with Gasteiger partial charge in [-0.05, 0) is 30.3 Å². The molecule has 0 saturated carbocycles. The Balaban J connectivity index is 1.50. The maximum Gasteiger partial charge on any atom is 0.317 e. The van der Waals surface area contributed by atoms with E-state index in [-0.39, 0.29) is 18.4 Å². The van der Waals surface area contributed by atoms with Gasteiger partial charge in [0.05, 0.1) is 0 Å². The smallest absolute Gasteiger partial charge is 0.317 e. The van der Waals surface area contributed by atoms with E-state index in [2.05, 4.69) is 39.4 Å². The minimum atomic E-state index is -0.293. The molecule has 1 heterocycles. The Kier molecular flexibility index (Phi) is 5.61. The fourth-order valence-electron chi connectivity index (χ4n) is 3.05. The molecule has 2 aromatic carbocycles. The number of hydrogen-bond acceptors (Lipinski definition) is 3. The number of rotatable bonds is 4. The van der Waals surface area contributed by atoms with Crippen LogP contribution >= 0.6 is 0 Å². The van der Waals surface area contributed by atoms with Gasteiger partial charge in [-0.3, -0.25) is 0 Å². The van der Waals surface area contributed by atoms with Crippen molar-refractivity contribution in [3.63, 3.8) is 0 Å². The lowest BCUT2D eigenvalue weighted by atomic mass is 10.2. The van der Waals surface area contributed by atoms with Crippen LogP contribution in [0.1, 0.15) is 5.56 Å². The standard InChI is InChI=1S/C20H25FN4O/c1-23(2)17-7-9-18(10-8-17)24-11-13-25(14-12-24)20(26)22-15-16-5-3-4-6-19(16)21/h3-10H,11-15H2,1-2H3,(H,22,26). The number of anilines is 2. The van der Waals surface area contributed by atoms with Gasteiger partial charge in [-0.25, -0.2) is 9.18 Å². The molecule has 138 valence electrons. The molecule has 0 radical (unpaired) electrons. The van der Waals surface area contributed by atoms with Crippen molar-refractivity contribution in [2.75, 3.05) is 50.1 Å². The van der Waals surface area contributed by atoms with Crippen LogP contribution < -0.4 is 15.1 Å². The van der Waals surface area contributed by atoms with E-state index >= 15 is 0 Å². The number of piperazine rings is 1. The highest BCUT2D eigenvalue weighted by Gasteiger charge is 2.21. The highest BCUT2D eigenvalue weighted by Crippen LogP contribution is 2.20. The summed E-state index contributed by atoms with van der Waals surface area (Å²) >= 11 is 0. The zero-order valence-corrected chi connectivity index (χ0v) is 15.3. The number of halogens is 1. The van der Waals surface area contributed by atoms with Gasteiger partial charge in [0, 0.05) is 63.8 Å². The normalized spacial score (nSPS) is 14.3. The van der Waals surface area contributed by atoms with Crippen LogP contribution in [0.25, 0.3) is 0 Å². The minimum absolute atomic E-state index is 0.143. The highest BCUT2D eigenvalue weighted by atomic mass is 19.1. The second kappa shape index (κ2) is 8.08. The fourth-order valence-corrected chi connectivity index (χ4v) is 3.05. The first kappa shape index (κ1) is 18.0. The second-order valence-electron chi connectivity index (χ2n) is 6.64. The lowest BCUT2D eigenvalue weighted by Gasteiger charge is -2.36. The summed E-state index contributed by atoms with van der Waals surface area (Å²) in [7, 11) is 4.04. The van der Waals surface area contributed by atoms with Crippen molar-refractivity contribution in [1.82, 2.24) is 10.2 Å². The van der Waals surface area contributed by atoms with Gasteiger partial charge in [0.2, 0.25) is 0 Å². The third-order valence-corrected chi connectivity index (χ3v) is 4.69. The van der Waals surface area contributed by atoms with Crippen LogP contribution in [0.2, 0.25) is 0 Å². The van der Waals surface area contributed by atoms with E-state index in [1.807, 2.05) is 14.1 Å². The zero-order valence-electron chi connectivity index (χ0n) is 15.3. The number of nitrogens with zero attached hydrogens (tertiary/aromatic N) is 3. The molecule has 26 heavy (non-hydrogen) atoms. The molecule has 0 aliphatic carbocycles. The van der Waals surface area contributed by atoms with Crippen molar-refractivity contribution in [2.45, 2.75) is 6.54 Å². The van der Waals surface area contributed by atoms with Crippen molar-refractivity contribution in [3.8, 4) is 0 Å². The van der Waals surface area contributed by atoms with Crippen LogP contribution in [0, 0.1) is 5.82 Å². The van der Waals surface area contributed by atoms with E-state index in [9.17, 15) is 9.18 Å². The van der Waals surface area contributed by atoms with Crippen molar-refractivity contribution < 1.29 is 9.18 Å². The molecule has 0 unspecified atom stereocenters. The van der Waals surface area contributed by atoms with Gasteiger partial charge in [-0.15, -0.1) is 0 Å². The van der Waals surface area contributed by atoms with E-state index in [0.717, 1.165) is 13.1 Å². The van der Waals surface area contributed by atoms with E-state index < -0.39 is 0 Å². The van der Waals surface area contributed by atoms with Crippen LogP contribution in [0.15, 0.2) is 48.5 Å². The lowest BCUT2D eigenvalue weighted by molar-refractivity contribution is 0.194. The maximum atomic E-state index is 13.6. The van der Waals surface area contributed by atoms with Gasteiger partial charge < -0.3 is 20.0 Å². The molecule has 2 amide bonds. The Hall–Kier alpha value is -2.76. The van der Waals surface area contributed by atoms with Gasteiger partial charge in [-0.2, -0.15) is 0 Å². The first-order valence-electron chi connectivity index (χ1n) is 8.83. The summed E-state index contributed by atoms with van der Waals surface area (Å²) in [6.07, 6.45) is 0. The van der Waals surface area contributed by atoms with Gasteiger partial charge in [0.1, 0.15) is 5.82 Å². The van der Waals surface area contributed by atoms with Crippen molar-refractivity contribution in [3.05, 3.63) is 59.9 Å². The number of benzene rings is 2. The molecule has 1 aliphatic rings. The molecule has 0 atom stereocenters. The molecule has 1 N–H and O–H groups in total. The molecule has 5 nitrogen and oxygen atoms in total. The number of urea groups is 1. The summed E-state index contributed by atoms with van der Waals surface area (Å²) in [5.74, 6) is -0.293. The Morgan fingerprint density at radius 1 is 1.04 bits per heavy atom. The van der Waals surface area contributed by atoms with E-state index in [0.29, 0.717) is 18.7 Å². The molecule has 1 fully saturated rings. The lowest BCUT2D eigenvalue weighted by Crippen LogP contribution is -2.51. The van der Waals surface area contributed by atoms with Crippen LogP contribution in [0.4, 0.5) is 20.6 Å². The van der Waals surface area contributed by atoms with Crippen molar-refractivity contribution >= 4 is 17.4 Å². The molecule has 0 spiro atoms. The van der Waals surface area contributed by atoms with Crippen LogP contribution in [-0.2, 0) is 6.54 Å². The topological polar surface area (TPSA) is 38.8 Å². The van der Waals surface area contributed by atoms with Crippen molar-refractivity contribution in [2.24, 2.45) is 0 Å². The summed E-state index contributed by atoms with van der Waals surface area (Å²) in [6.45, 7) is 3.08. The Labute approximate surface area is 154 Å². The Bertz CT molecular complexity index is 740. The van der Waals surface area contributed by atoms with Crippen molar-refractivity contribution in [1.29, 1.82) is 0 Å². The summed E-state index contributed by atoms with van der Waals surface area (Å²) in [6, 6.07) is 14.8. The summed E-state index contributed by atoms with van der Waals surface area (Å²) < 4.78 is 13.6. The average Bonchev–Trinajstić information content (AvgIpc) is 2.67. The number of nitrogens with one attached hydrogen (secondary N) is 1. The van der Waals surface area contributed by atoms with Gasteiger partial charge in [-0.1, -0.05) is 18.2 Å². The molecule has 0 bridgehead atoms. The Morgan fingerprint density at radius 2 is 1.69 bits per heavy atom. The number of carbonyl (C=O) groups is 1. The highest BCUT2D eigenvalue weighted by molar-refractivity contribution is 5.74. The van der Waals surface area contributed by atoms with E-state index in [1.54, 1.807) is 23.1 Å². The predicted octanol–water partition coefficient (Wildman–Crippen LogP) is 2.92. The molecule has 6 heteroatoms. The summed E-state index contributed by atoms with van der Waals surface area (Å²) in [4.78, 5) is 18.4. The van der Waals surface area contributed by atoms with Crippen LogP contribution in [0.5, 0.6) is 0 Å². The quantitative estimate of drug-likeness (QED) is 0.916. The summed E-state index contributed by atoms with van der Waals surface area (Å²) in [5, 5.41) is 2.81. The third kappa shape index (κ3) is 4.25. The summed E-state index contributed by atoms with van der Waals surface area (Å²) in [5.41, 5.74) is 2.84. The van der Waals surface area contributed by atoms with Crippen LogP contribution in [-0.4, -0.2) is 51.2 Å². The molecule has 2 aromatic rings. The number of amides is 2. The molecule has 1 aliphatic heterocycles. The van der Waals surface area contributed by atoms with E-state index in [1.165, 1.54) is 17.4 Å². The molecule has 3 rings (SSSR count). The first-order chi connectivity index (χ1) is 12.5.